The largest absolute Gasteiger partial charge is 0.481 e. The molecule has 0 bridgehead atoms. The number of aromatic nitrogens is 1. The van der Waals surface area contributed by atoms with E-state index in [0.29, 0.717) is 32.5 Å². The molecule has 1 aliphatic heterocycles. The number of nitrogens with zero attached hydrogens (tertiary/aromatic N) is 2. The number of aliphatic hydroxyl groups excluding tert-OH is 1. The maximum atomic E-state index is 12.0. The zero-order chi connectivity index (χ0) is 18.6. The lowest BCUT2D eigenvalue weighted by molar-refractivity contribution is -0.163. The first-order valence-electron chi connectivity index (χ1n) is 9.15. The molecule has 5 heteroatoms. The van der Waals surface area contributed by atoms with Gasteiger partial charge in [-0.2, -0.15) is 0 Å². The number of aliphatic carboxylic acids is 1. The fraction of sp³-hybridized carbons (Fsp3) is 0.429. The molecule has 0 amide bonds. The molecule has 0 radical (unpaired) electrons. The average Bonchev–Trinajstić information content (AvgIpc) is 2.65. The predicted molar refractivity (Wildman–Crippen MR) is 99.7 cm³/mol. The van der Waals surface area contributed by atoms with E-state index < -0.39 is 17.5 Å². The molecule has 1 aromatic carbocycles. The van der Waals surface area contributed by atoms with Crippen molar-refractivity contribution in [3.05, 3.63) is 65.5 Å². The van der Waals surface area contributed by atoms with Crippen LogP contribution in [0.3, 0.4) is 0 Å². The normalized spacial score (nSPS) is 23.7. The number of aryl methyl sites for hydroxylation is 1. The highest BCUT2D eigenvalue weighted by Crippen LogP contribution is 2.36. The van der Waals surface area contributed by atoms with E-state index in [-0.39, 0.29) is 0 Å². The van der Waals surface area contributed by atoms with Crippen molar-refractivity contribution >= 4 is 5.97 Å². The highest BCUT2D eigenvalue weighted by atomic mass is 16.4. The van der Waals surface area contributed by atoms with Crippen molar-refractivity contribution in [2.45, 2.75) is 38.8 Å². The van der Waals surface area contributed by atoms with Crippen LogP contribution in [0, 0.1) is 5.41 Å². The monoisotopic (exact) mass is 354 g/mol. The first kappa shape index (κ1) is 18.5. The first-order chi connectivity index (χ1) is 12.5. The SMILES string of the molecule is CCc1ccc(CN2CC[C@](Cc3ccccc3)(C(=O)O)[C@H](O)C2)nc1. The second-order valence-electron chi connectivity index (χ2n) is 7.14. The van der Waals surface area contributed by atoms with Crippen molar-refractivity contribution in [2.75, 3.05) is 13.1 Å². The third-order valence-electron chi connectivity index (χ3n) is 5.41. The van der Waals surface area contributed by atoms with Crippen LogP contribution in [-0.2, 0) is 24.2 Å². The lowest BCUT2D eigenvalue weighted by Crippen LogP contribution is -2.55. The van der Waals surface area contributed by atoms with Gasteiger partial charge in [0.2, 0.25) is 0 Å². The highest BCUT2D eigenvalue weighted by Gasteiger charge is 2.48. The molecule has 2 atom stereocenters. The van der Waals surface area contributed by atoms with Crippen LogP contribution < -0.4 is 0 Å². The standard InChI is InChI=1S/C21H26N2O3/c1-2-16-8-9-18(22-13-16)14-23-11-10-21(20(25)26,19(24)15-23)12-17-6-4-3-5-7-17/h3-9,13,19,24H,2,10-12,14-15H2,1H3,(H,25,26)/t19-,21-/m1/s1. The Labute approximate surface area is 154 Å². The van der Waals surface area contributed by atoms with Crippen LogP contribution in [0.15, 0.2) is 48.7 Å². The fourth-order valence-corrected chi connectivity index (χ4v) is 3.66. The van der Waals surface area contributed by atoms with Crippen molar-refractivity contribution in [3.63, 3.8) is 0 Å². The van der Waals surface area contributed by atoms with Gasteiger partial charge in [-0.3, -0.25) is 14.7 Å². The number of hydrogen-bond donors (Lipinski definition) is 2. The van der Waals surface area contributed by atoms with Gasteiger partial charge < -0.3 is 10.2 Å². The third kappa shape index (κ3) is 3.94. The molecule has 3 rings (SSSR count). The number of aliphatic hydroxyl groups is 1. The molecular formula is C21H26N2O3. The average molecular weight is 354 g/mol. The van der Waals surface area contributed by atoms with Gasteiger partial charge in [-0.05, 0) is 43.0 Å². The van der Waals surface area contributed by atoms with Crippen LogP contribution in [0.5, 0.6) is 0 Å². The van der Waals surface area contributed by atoms with E-state index >= 15 is 0 Å². The van der Waals surface area contributed by atoms with Crippen LogP contribution in [-0.4, -0.2) is 45.3 Å². The first-order valence-corrected chi connectivity index (χ1v) is 9.15. The summed E-state index contributed by atoms with van der Waals surface area (Å²) in [5.74, 6) is -0.918. The maximum absolute atomic E-state index is 12.0. The molecule has 5 nitrogen and oxygen atoms in total. The maximum Gasteiger partial charge on any atom is 0.312 e. The summed E-state index contributed by atoms with van der Waals surface area (Å²) < 4.78 is 0. The molecular weight excluding hydrogens is 328 g/mol. The number of piperidine rings is 1. The summed E-state index contributed by atoms with van der Waals surface area (Å²) in [6.45, 7) is 3.70. The van der Waals surface area contributed by atoms with Crippen LogP contribution in [0.1, 0.15) is 30.2 Å². The molecule has 0 aliphatic carbocycles. The molecule has 1 saturated heterocycles. The third-order valence-corrected chi connectivity index (χ3v) is 5.41. The number of likely N-dealkylation sites (tertiary alicyclic amines) is 1. The van der Waals surface area contributed by atoms with Crippen LogP contribution in [0.25, 0.3) is 0 Å². The number of pyridine rings is 1. The van der Waals surface area contributed by atoms with E-state index in [1.54, 1.807) is 0 Å². The summed E-state index contributed by atoms with van der Waals surface area (Å²) in [6, 6.07) is 13.6. The van der Waals surface area contributed by atoms with Gasteiger partial charge in [0.05, 0.1) is 11.8 Å². The Balaban J connectivity index is 1.69. The minimum Gasteiger partial charge on any atom is -0.481 e. The molecule has 1 aliphatic rings. The smallest absolute Gasteiger partial charge is 0.312 e. The Morgan fingerprint density at radius 1 is 1.23 bits per heavy atom. The van der Waals surface area contributed by atoms with E-state index in [1.807, 2.05) is 42.6 Å². The van der Waals surface area contributed by atoms with Crippen molar-refractivity contribution < 1.29 is 15.0 Å². The second-order valence-corrected chi connectivity index (χ2v) is 7.14. The summed E-state index contributed by atoms with van der Waals surface area (Å²) >= 11 is 0. The highest BCUT2D eigenvalue weighted by molar-refractivity contribution is 5.76. The van der Waals surface area contributed by atoms with E-state index in [0.717, 1.165) is 17.7 Å². The number of carboxylic acids is 1. The van der Waals surface area contributed by atoms with E-state index in [2.05, 4.69) is 22.9 Å². The predicted octanol–water partition coefficient (Wildman–Crippen LogP) is 2.52. The van der Waals surface area contributed by atoms with E-state index in [9.17, 15) is 15.0 Å². The Hall–Kier alpha value is -2.24. The minimum atomic E-state index is -1.13. The number of β-amino-alcohol motifs (C(OH)–C–C–N with tert-alkyl or cyclic N) is 1. The molecule has 2 N–H and O–H groups in total. The van der Waals surface area contributed by atoms with Gasteiger partial charge in [0, 0.05) is 19.3 Å². The Kier molecular flexibility index (Phi) is 5.69. The molecule has 0 spiro atoms. The molecule has 26 heavy (non-hydrogen) atoms. The van der Waals surface area contributed by atoms with Crippen molar-refractivity contribution in [2.24, 2.45) is 5.41 Å². The molecule has 0 unspecified atom stereocenters. The van der Waals surface area contributed by atoms with Gasteiger partial charge in [0.15, 0.2) is 0 Å². The van der Waals surface area contributed by atoms with Crippen molar-refractivity contribution in [1.29, 1.82) is 0 Å². The van der Waals surface area contributed by atoms with Crippen molar-refractivity contribution in [1.82, 2.24) is 9.88 Å². The van der Waals surface area contributed by atoms with Gasteiger partial charge in [-0.25, -0.2) is 0 Å². The fourth-order valence-electron chi connectivity index (χ4n) is 3.66. The summed E-state index contributed by atoms with van der Waals surface area (Å²) in [6.07, 6.45) is 2.69. The summed E-state index contributed by atoms with van der Waals surface area (Å²) in [4.78, 5) is 18.6. The molecule has 2 aromatic rings. The van der Waals surface area contributed by atoms with Gasteiger partial charge >= 0.3 is 5.97 Å². The lowest BCUT2D eigenvalue weighted by atomic mass is 9.71. The number of benzene rings is 1. The zero-order valence-corrected chi connectivity index (χ0v) is 15.1. The molecule has 2 heterocycles. The molecule has 1 fully saturated rings. The lowest BCUT2D eigenvalue weighted by Gasteiger charge is -2.42. The van der Waals surface area contributed by atoms with E-state index in [1.165, 1.54) is 5.56 Å². The number of rotatable bonds is 6. The topological polar surface area (TPSA) is 73.7 Å². The van der Waals surface area contributed by atoms with E-state index in [4.69, 9.17) is 0 Å². The minimum absolute atomic E-state index is 0.344. The Bertz CT molecular complexity index is 733. The summed E-state index contributed by atoms with van der Waals surface area (Å²) in [7, 11) is 0. The second kappa shape index (κ2) is 7.98. The van der Waals surface area contributed by atoms with Crippen molar-refractivity contribution in [3.8, 4) is 0 Å². The number of hydrogen-bond acceptors (Lipinski definition) is 4. The van der Waals surface area contributed by atoms with Gasteiger partial charge in [-0.1, -0.05) is 43.3 Å². The summed E-state index contributed by atoms with van der Waals surface area (Å²) in [5, 5.41) is 20.6. The molecule has 1 aromatic heterocycles. The van der Waals surface area contributed by atoms with Gasteiger partial charge in [0.1, 0.15) is 5.41 Å². The zero-order valence-electron chi connectivity index (χ0n) is 15.1. The van der Waals surface area contributed by atoms with Crippen LogP contribution >= 0.6 is 0 Å². The number of carboxylic acid groups (broad SMARTS) is 1. The molecule has 0 saturated carbocycles. The summed E-state index contributed by atoms with van der Waals surface area (Å²) in [5.41, 5.74) is 1.96. The Morgan fingerprint density at radius 3 is 2.58 bits per heavy atom. The van der Waals surface area contributed by atoms with Gasteiger partial charge in [-0.15, -0.1) is 0 Å². The van der Waals surface area contributed by atoms with Gasteiger partial charge in [0.25, 0.3) is 0 Å². The Morgan fingerprint density at radius 2 is 2.00 bits per heavy atom. The number of carbonyl (C=O) groups is 1. The van der Waals surface area contributed by atoms with Crippen LogP contribution in [0.2, 0.25) is 0 Å². The van der Waals surface area contributed by atoms with Crippen LogP contribution in [0.4, 0.5) is 0 Å². The quantitative estimate of drug-likeness (QED) is 0.834. The molecule has 138 valence electrons.